The Morgan fingerprint density at radius 3 is 2.75 bits per heavy atom. The predicted octanol–water partition coefficient (Wildman–Crippen LogP) is 3.54. The van der Waals surface area contributed by atoms with Crippen molar-refractivity contribution in [3.05, 3.63) is 34.9 Å². The van der Waals surface area contributed by atoms with Gasteiger partial charge in [0.1, 0.15) is 0 Å². The molecule has 0 radical (unpaired) electrons. The Morgan fingerprint density at radius 1 is 1.44 bits per heavy atom. The van der Waals surface area contributed by atoms with Crippen molar-refractivity contribution in [2.75, 3.05) is 5.88 Å². The van der Waals surface area contributed by atoms with Gasteiger partial charge in [-0.2, -0.15) is 0 Å². The van der Waals surface area contributed by atoms with E-state index in [9.17, 15) is 4.79 Å². The number of amides is 1. The average Bonchev–Trinajstić information content (AvgIpc) is 2.26. The van der Waals surface area contributed by atoms with Crippen molar-refractivity contribution in [1.29, 1.82) is 0 Å². The standard InChI is InChI=1S/C12H15Cl2NO/c1-9(15-12(16)7-4-8-13)10-5-2-3-6-11(10)14/h2-3,5-6,9H,4,7-8H2,1H3,(H,15,16)/t9-/m0/s1. The third-order valence-electron chi connectivity index (χ3n) is 2.29. The number of carbonyl (C=O) groups excluding carboxylic acids is 1. The van der Waals surface area contributed by atoms with Gasteiger partial charge in [0.15, 0.2) is 0 Å². The summed E-state index contributed by atoms with van der Waals surface area (Å²) in [6.45, 7) is 1.92. The normalized spacial score (nSPS) is 12.2. The van der Waals surface area contributed by atoms with Crippen molar-refractivity contribution < 1.29 is 4.79 Å². The fourth-order valence-corrected chi connectivity index (χ4v) is 1.88. The summed E-state index contributed by atoms with van der Waals surface area (Å²) in [6, 6.07) is 7.43. The minimum Gasteiger partial charge on any atom is -0.350 e. The molecular weight excluding hydrogens is 245 g/mol. The zero-order valence-corrected chi connectivity index (χ0v) is 10.7. The van der Waals surface area contributed by atoms with E-state index in [2.05, 4.69) is 5.32 Å². The minimum absolute atomic E-state index is 0.00747. The highest BCUT2D eigenvalue weighted by Gasteiger charge is 2.11. The molecule has 1 rings (SSSR count). The van der Waals surface area contributed by atoms with Gasteiger partial charge in [0, 0.05) is 17.3 Å². The number of rotatable bonds is 5. The second-order valence-corrected chi connectivity index (χ2v) is 4.39. The van der Waals surface area contributed by atoms with Crippen LogP contribution in [0.4, 0.5) is 0 Å². The molecule has 0 bridgehead atoms. The molecule has 88 valence electrons. The van der Waals surface area contributed by atoms with E-state index in [1.165, 1.54) is 0 Å². The van der Waals surface area contributed by atoms with Crippen LogP contribution >= 0.6 is 23.2 Å². The van der Waals surface area contributed by atoms with Crippen molar-refractivity contribution in [3.63, 3.8) is 0 Å². The maximum absolute atomic E-state index is 11.5. The van der Waals surface area contributed by atoms with E-state index in [1.807, 2.05) is 31.2 Å². The number of halogens is 2. The van der Waals surface area contributed by atoms with Crippen LogP contribution in [0, 0.1) is 0 Å². The first-order chi connectivity index (χ1) is 7.65. The molecule has 0 aliphatic heterocycles. The van der Waals surface area contributed by atoms with Crippen LogP contribution in [0.5, 0.6) is 0 Å². The Hall–Kier alpha value is -0.730. The second kappa shape index (κ2) is 6.77. The Morgan fingerprint density at radius 2 is 2.12 bits per heavy atom. The quantitative estimate of drug-likeness (QED) is 0.806. The van der Waals surface area contributed by atoms with Crippen molar-refractivity contribution in [2.45, 2.75) is 25.8 Å². The molecule has 0 saturated heterocycles. The fourth-order valence-electron chi connectivity index (χ4n) is 1.45. The lowest BCUT2D eigenvalue weighted by Crippen LogP contribution is -2.26. The lowest BCUT2D eigenvalue weighted by Gasteiger charge is -2.15. The molecule has 0 spiro atoms. The summed E-state index contributed by atoms with van der Waals surface area (Å²) in [5.41, 5.74) is 0.934. The van der Waals surface area contributed by atoms with Crippen molar-refractivity contribution in [2.24, 2.45) is 0 Å². The smallest absolute Gasteiger partial charge is 0.220 e. The number of benzene rings is 1. The molecular formula is C12H15Cl2NO. The number of alkyl halides is 1. The molecule has 0 aliphatic rings. The SMILES string of the molecule is C[C@H](NC(=O)CCCCl)c1ccccc1Cl. The zero-order valence-electron chi connectivity index (χ0n) is 9.17. The van der Waals surface area contributed by atoms with E-state index in [4.69, 9.17) is 23.2 Å². The molecule has 0 unspecified atom stereocenters. The molecule has 16 heavy (non-hydrogen) atoms. The largest absolute Gasteiger partial charge is 0.350 e. The van der Waals surface area contributed by atoms with E-state index in [0.29, 0.717) is 23.7 Å². The molecule has 0 saturated carbocycles. The number of hydrogen-bond acceptors (Lipinski definition) is 1. The Bertz CT molecular complexity index is 355. The van der Waals surface area contributed by atoms with Gasteiger partial charge in [-0.05, 0) is 25.0 Å². The highest BCUT2D eigenvalue weighted by atomic mass is 35.5. The molecule has 1 amide bonds. The van der Waals surface area contributed by atoms with E-state index in [1.54, 1.807) is 0 Å². The van der Waals surface area contributed by atoms with Crippen LogP contribution in [0.1, 0.15) is 31.4 Å². The number of hydrogen-bond donors (Lipinski definition) is 1. The lowest BCUT2D eigenvalue weighted by molar-refractivity contribution is -0.121. The molecule has 1 N–H and O–H groups in total. The van der Waals surface area contributed by atoms with Gasteiger partial charge in [0.25, 0.3) is 0 Å². The van der Waals surface area contributed by atoms with Gasteiger partial charge in [-0.15, -0.1) is 11.6 Å². The van der Waals surface area contributed by atoms with Crippen LogP contribution in [0.15, 0.2) is 24.3 Å². The number of carbonyl (C=O) groups is 1. The molecule has 0 fully saturated rings. The summed E-state index contributed by atoms with van der Waals surface area (Å²) in [6.07, 6.45) is 1.15. The maximum Gasteiger partial charge on any atom is 0.220 e. The first-order valence-corrected chi connectivity index (χ1v) is 6.16. The van der Waals surface area contributed by atoms with Gasteiger partial charge in [0.2, 0.25) is 5.91 Å². The molecule has 0 aliphatic carbocycles. The van der Waals surface area contributed by atoms with Crippen LogP contribution in [-0.4, -0.2) is 11.8 Å². The summed E-state index contributed by atoms with van der Waals surface area (Å²) in [7, 11) is 0. The van der Waals surface area contributed by atoms with E-state index < -0.39 is 0 Å². The van der Waals surface area contributed by atoms with Crippen molar-refractivity contribution >= 4 is 29.1 Å². The van der Waals surface area contributed by atoms with Gasteiger partial charge in [-0.1, -0.05) is 29.8 Å². The Balaban J connectivity index is 2.55. The van der Waals surface area contributed by atoms with Gasteiger partial charge in [-0.3, -0.25) is 4.79 Å². The monoisotopic (exact) mass is 259 g/mol. The lowest BCUT2D eigenvalue weighted by atomic mass is 10.1. The van der Waals surface area contributed by atoms with Gasteiger partial charge in [0.05, 0.1) is 6.04 Å². The van der Waals surface area contributed by atoms with Crippen LogP contribution < -0.4 is 5.32 Å². The molecule has 0 aromatic heterocycles. The first-order valence-electron chi connectivity index (χ1n) is 5.25. The first kappa shape index (κ1) is 13.3. The van der Waals surface area contributed by atoms with Gasteiger partial charge >= 0.3 is 0 Å². The van der Waals surface area contributed by atoms with E-state index in [-0.39, 0.29) is 11.9 Å². The molecule has 2 nitrogen and oxygen atoms in total. The fraction of sp³-hybridized carbons (Fsp3) is 0.417. The highest BCUT2D eigenvalue weighted by molar-refractivity contribution is 6.31. The third-order valence-corrected chi connectivity index (χ3v) is 2.90. The molecule has 1 aromatic rings. The van der Waals surface area contributed by atoms with E-state index in [0.717, 1.165) is 5.56 Å². The van der Waals surface area contributed by atoms with Crippen LogP contribution in [0.25, 0.3) is 0 Å². The second-order valence-electron chi connectivity index (χ2n) is 3.60. The van der Waals surface area contributed by atoms with E-state index >= 15 is 0 Å². The van der Waals surface area contributed by atoms with Crippen molar-refractivity contribution in [1.82, 2.24) is 5.32 Å². The number of nitrogens with one attached hydrogen (secondary N) is 1. The summed E-state index contributed by atoms with van der Waals surface area (Å²) < 4.78 is 0. The van der Waals surface area contributed by atoms with Gasteiger partial charge < -0.3 is 5.32 Å². The minimum atomic E-state index is -0.0727. The van der Waals surface area contributed by atoms with Gasteiger partial charge in [-0.25, -0.2) is 0 Å². The summed E-state index contributed by atoms with van der Waals surface area (Å²) in [4.78, 5) is 11.5. The van der Waals surface area contributed by atoms with Crippen LogP contribution in [-0.2, 0) is 4.79 Å². The van der Waals surface area contributed by atoms with Crippen LogP contribution in [0.3, 0.4) is 0 Å². The average molecular weight is 260 g/mol. The molecule has 0 heterocycles. The molecule has 1 aromatic carbocycles. The topological polar surface area (TPSA) is 29.1 Å². The summed E-state index contributed by atoms with van der Waals surface area (Å²) in [5, 5.41) is 3.56. The maximum atomic E-state index is 11.5. The Labute approximate surface area is 106 Å². The molecule has 4 heteroatoms. The Kier molecular flexibility index (Phi) is 5.64. The van der Waals surface area contributed by atoms with Crippen molar-refractivity contribution in [3.8, 4) is 0 Å². The molecule has 1 atom stereocenters. The summed E-state index contributed by atoms with van der Waals surface area (Å²) in [5.74, 6) is 0.515. The highest BCUT2D eigenvalue weighted by Crippen LogP contribution is 2.22. The third kappa shape index (κ3) is 4.03. The zero-order chi connectivity index (χ0) is 12.0. The van der Waals surface area contributed by atoms with Crippen LogP contribution in [0.2, 0.25) is 5.02 Å². The summed E-state index contributed by atoms with van der Waals surface area (Å²) >= 11 is 11.6. The predicted molar refractivity (Wildman–Crippen MR) is 68.0 cm³/mol.